The Bertz CT molecular complexity index is 927. The first-order chi connectivity index (χ1) is 12.9. The van der Waals surface area contributed by atoms with Gasteiger partial charge in [0.1, 0.15) is 11.3 Å². The van der Waals surface area contributed by atoms with E-state index >= 15 is 0 Å². The van der Waals surface area contributed by atoms with Crippen LogP contribution in [-0.4, -0.2) is 27.9 Å². The maximum absolute atomic E-state index is 13.3. The van der Waals surface area contributed by atoms with Crippen LogP contribution in [-0.2, 0) is 16.9 Å². The normalized spacial score (nSPS) is 13.3. The van der Waals surface area contributed by atoms with Crippen molar-refractivity contribution in [2.45, 2.75) is 25.9 Å². The molecule has 1 atom stereocenters. The first-order valence-electron chi connectivity index (χ1n) is 8.68. The highest BCUT2D eigenvalue weighted by molar-refractivity contribution is 7.13. The minimum atomic E-state index is -1.08. The van der Waals surface area contributed by atoms with Crippen LogP contribution in [0.1, 0.15) is 23.6 Å². The third kappa shape index (κ3) is 3.86. The number of thiazole rings is 1. The van der Waals surface area contributed by atoms with E-state index in [-0.39, 0.29) is 11.7 Å². The summed E-state index contributed by atoms with van der Waals surface area (Å²) in [5, 5.41) is 15.7. The Morgan fingerprint density at radius 2 is 1.93 bits per heavy atom. The van der Waals surface area contributed by atoms with E-state index < -0.39 is 5.54 Å². The van der Waals surface area contributed by atoms with Crippen LogP contribution in [0.3, 0.4) is 0 Å². The number of aromatic nitrogens is 1. The number of carbonyl (C=O) groups is 1. The number of aromatic hydroxyl groups is 1. The van der Waals surface area contributed by atoms with Gasteiger partial charge in [0.2, 0.25) is 0 Å². The van der Waals surface area contributed by atoms with Gasteiger partial charge in [-0.25, -0.2) is 4.98 Å². The van der Waals surface area contributed by atoms with Crippen molar-refractivity contribution in [2.24, 2.45) is 0 Å². The smallest absolute Gasteiger partial charge is 0.251 e. The number of aryl methyl sites for hydroxylation is 1. The van der Waals surface area contributed by atoms with Crippen LogP contribution < -0.4 is 5.32 Å². The lowest BCUT2D eigenvalue weighted by molar-refractivity contribution is -0.127. The number of para-hydroxylation sites is 1. The molecule has 0 radical (unpaired) electrons. The highest BCUT2D eigenvalue weighted by Crippen LogP contribution is 2.36. The fourth-order valence-electron chi connectivity index (χ4n) is 3.09. The van der Waals surface area contributed by atoms with E-state index in [0.29, 0.717) is 17.2 Å². The van der Waals surface area contributed by atoms with Gasteiger partial charge in [-0.15, -0.1) is 11.3 Å². The number of hydrogen-bond donors (Lipinski definition) is 2. The van der Waals surface area contributed by atoms with Crippen LogP contribution >= 0.6 is 11.3 Å². The van der Waals surface area contributed by atoms with Crippen LogP contribution in [0.5, 0.6) is 5.75 Å². The summed E-state index contributed by atoms with van der Waals surface area (Å²) in [5.74, 6) is -0.152. The quantitative estimate of drug-likeness (QED) is 0.673. The van der Waals surface area contributed by atoms with Crippen molar-refractivity contribution in [3.63, 3.8) is 0 Å². The minimum Gasteiger partial charge on any atom is -0.508 e. The van der Waals surface area contributed by atoms with E-state index in [4.69, 9.17) is 0 Å². The lowest BCUT2D eigenvalue weighted by Gasteiger charge is -2.38. The molecule has 0 aliphatic rings. The Labute approximate surface area is 163 Å². The summed E-state index contributed by atoms with van der Waals surface area (Å²) in [6.07, 6.45) is 1.65. The third-order valence-corrected chi connectivity index (χ3v) is 5.64. The van der Waals surface area contributed by atoms with E-state index in [1.165, 1.54) is 11.3 Å². The standard InChI is InChI=1S/C21H23N3O2S/c1-15-8-4-5-9-16(15)14-24(3)21(2,17-10-6-7-11-18(17)25)19(26)23-20-22-12-13-27-20/h4-13,25H,14H2,1-3H3,(H,22,23,26). The van der Waals surface area contributed by atoms with Crippen LogP contribution in [0.25, 0.3) is 0 Å². The molecule has 3 rings (SSSR count). The van der Waals surface area contributed by atoms with Crippen molar-refractivity contribution < 1.29 is 9.90 Å². The molecule has 0 fully saturated rings. The molecule has 0 saturated heterocycles. The molecule has 0 aliphatic heterocycles. The van der Waals surface area contributed by atoms with Gasteiger partial charge in [0.15, 0.2) is 5.13 Å². The van der Waals surface area contributed by atoms with E-state index in [1.807, 2.05) is 42.5 Å². The summed E-state index contributed by atoms with van der Waals surface area (Å²) in [7, 11) is 1.89. The zero-order valence-corrected chi connectivity index (χ0v) is 16.5. The molecule has 140 valence electrons. The number of nitrogens with one attached hydrogen (secondary N) is 1. The summed E-state index contributed by atoms with van der Waals surface area (Å²) < 4.78 is 0. The Kier molecular flexibility index (Phi) is 5.58. The topological polar surface area (TPSA) is 65.5 Å². The van der Waals surface area contributed by atoms with Gasteiger partial charge in [-0.3, -0.25) is 9.69 Å². The molecule has 6 heteroatoms. The molecular formula is C21H23N3O2S. The second kappa shape index (κ2) is 7.90. The Balaban J connectivity index is 2.00. The van der Waals surface area contributed by atoms with Crippen LogP contribution in [0.2, 0.25) is 0 Å². The van der Waals surface area contributed by atoms with E-state index in [1.54, 1.807) is 24.4 Å². The number of anilines is 1. The van der Waals surface area contributed by atoms with E-state index in [9.17, 15) is 9.90 Å². The van der Waals surface area contributed by atoms with E-state index in [2.05, 4.69) is 29.4 Å². The van der Waals surface area contributed by atoms with Crippen molar-refractivity contribution in [3.05, 3.63) is 76.8 Å². The molecule has 0 bridgehead atoms. The number of phenolic OH excluding ortho intramolecular Hbond substituents is 1. The number of phenols is 1. The molecule has 0 spiro atoms. The van der Waals surface area contributed by atoms with Gasteiger partial charge >= 0.3 is 0 Å². The number of likely N-dealkylation sites (N-methyl/N-ethyl adjacent to an activating group) is 1. The predicted octanol–water partition coefficient (Wildman–Crippen LogP) is 4.14. The highest BCUT2D eigenvalue weighted by atomic mass is 32.1. The summed E-state index contributed by atoms with van der Waals surface area (Å²) >= 11 is 1.36. The van der Waals surface area contributed by atoms with Crippen LogP contribution in [0, 0.1) is 6.92 Å². The number of hydrogen-bond acceptors (Lipinski definition) is 5. The zero-order valence-electron chi connectivity index (χ0n) is 15.6. The van der Waals surface area contributed by atoms with Gasteiger partial charge in [-0.1, -0.05) is 42.5 Å². The summed E-state index contributed by atoms with van der Waals surface area (Å²) in [6.45, 7) is 4.43. The van der Waals surface area contributed by atoms with Crippen molar-refractivity contribution >= 4 is 22.4 Å². The van der Waals surface area contributed by atoms with Gasteiger partial charge in [0, 0.05) is 23.7 Å². The molecule has 27 heavy (non-hydrogen) atoms. The lowest BCUT2D eigenvalue weighted by Crippen LogP contribution is -2.50. The largest absolute Gasteiger partial charge is 0.508 e. The van der Waals surface area contributed by atoms with Gasteiger partial charge in [-0.05, 0) is 38.1 Å². The molecule has 3 aromatic rings. The first-order valence-corrected chi connectivity index (χ1v) is 9.56. The number of rotatable bonds is 6. The molecular weight excluding hydrogens is 358 g/mol. The molecule has 1 aromatic heterocycles. The second-order valence-corrected chi connectivity index (χ2v) is 7.56. The molecule has 1 heterocycles. The average Bonchev–Trinajstić information content (AvgIpc) is 3.16. The maximum atomic E-state index is 13.3. The Morgan fingerprint density at radius 1 is 1.22 bits per heavy atom. The third-order valence-electron chi connectivity index (χ3n) is 4.96. The van der Waals surface area contributed by atoms with Gasteiger partial charge < -0.3 is 10.4 Å². The van der Waals surface area contributed by atoms with Crippen LogP contribution in [0.4, 0.5) is 5.13 Å². The number of carbonyl (C=O) groups excluding carboxylic acids is 1. The molecule has 1 amide bonds. The molecule has 5 nitrogen and oxygen atoms in total. The predicted molar refractivity (Wildman–Crippen MR) is 109 cm³/mol. The van der Waals surface area contributed by atoms with Crippen molar-refractivity contribution in [1.29, 1.82) is 0 Å². The fourth-order valence-corrected chi connectivity index (χ4v) is 3.62. The van der Waals surface area contributed by atoms with Gasteiger partial charge in [0.05, 0.1) is 0 Å². The molecule has 0 aliphatic carbocycles. The zero-order chi connectivity index (χ0) is 19.4. The van der Waals surface area contributed by atoms with Gasteiger partial charge in [0.25, 0.3) is 5.91 Å². The van der Waals surface area contributed by atoms with Crippen molar-refractivity contribution in [2.75, 3.05) is 12.4 Å². The minimum absolute atomic E-state index is 0.0888. The average molecular weight is 382 g/mol. The number of benzene rings is 2. The molecule has 2 aromatic carbocycles. The second-order valence-electron chi connectivity index (χ2n) is 6.66. The highest BCUT2D eigenvalue weighted by Gasteiger charge is 2.41. The SMILES string of the molecule is Cc1ccccc1CN(C)C(C)(C(=O)Nc1nccs1)c1ccccc1O. The van der Waals surface area contributed by atoms with Gasteiger partial charge in [-0.2, -0.15) is 0 Å². The van der Waals surface area contributed by atoms with Crippen molar-refractivity contribution in [3.8, 4) is 5.75 Å². The maximum Gasteiger partial charge on any atom is 0.251 e. The fraction of sp³-hybridized carbons (Fsp3) is 0.238. The lowest BCUT2D eigenvalue weighted by atomic mass is 9.87. The molecule has 2 N–H and O–H groups in total. The number of amides is 1. The monoisotopic (exact) mass is 381 g/mol. The number of nitrogens with zero attached hydrogens (tertiary/aromatic N) is 2. The molecule has 0 saturated carbocycles. The van der Waals surface area contributed by atoms with E-state index in [0.717, 1.165) is 11.1 Å². The first kappa shape index (κ1) is 19.1. The molecule has 1 unspecified atom stereocenters. The Morgan fingerprint density at radius 3 is 2.59 bits per heavy atom. The Hall–Kier alpha value is -2.70. The summed E-state index contributed by atoms with van der Waals surface area (Å²) in [4.78, 5) is 19.4. The summed E-state index contributed by atoms with van der Waals surface area (Å²) in [6, 6.07) is 15.0. The summed E-state index contributed by atoms with van der Waals surface area (Å²) in [5.41, 5.74) is 1.75. The van der Waals surface area contributed by atoms with Crippen LogP contribution in [0.15, 0.2) is 60.1 Å². The van der Waals surface area contributed by atoms with Crippen molar-refractivity contribution in [1.82, 2.24) is 9.88 Å².